The van der Waals surface area contributed by atoms with Crippen molar-refractivity contribution in [1.29, 1.82) is 0 Å². The van der Waals surface area contributed by atoms with Crippen molar-refractivity contribution in [3.05, 3.63) is 58.7 Å². The Kier molecular flexibility index (Phi) is 4.33. The number of aromatic amines is 1. The molecular weight excluding hydrogens is 390 g/mol. The summed E-state index contributed by atoms with van der Waals surface area (Å²) in [4.78, 5) is 32.7. The number of H-pyrrole nitrogens is 1. The number of anilines is 1. The highest BCUT2D eigenvalue weighted by molar-refractivity contribution is 6.31. The number of nitrogens with one attached hydrogen (secondary N) is 1. The van der Waals surface area contributed by atoms with Crippen LogP contribution in [0.3, 0.4) is 0 Å². The number of benzene rings is 2. The second-order valence-electron chi connectivity index (χ2n) is 7.45. The van der Waals surface area contributed by atoms with Crippen molar-refractivity contribution in [2.75, 3.05) is 18.6 Å². The smallest absolute Gasteiger partial charge is 0.251 e. The molecule has 1 saturated heterocycles. The molecule has 6 nitrogen and oxygen atoms in total. The van der Waals surface area contributed by atoms with E-state index in [4.69, 9.17) is 16.3 Å². The van der Waals surface area contributed by atoms with Crippen molar-refractivity contribution in [1.82, 2.24) is 9.88 Å². The predicted molar refractivity (Wildman–Crippen MR) is 111 cm³/mol. The summed E-state index contributed by atoms with van der Waals surface area (Å²) in [6.45, 7) is 1.32. The van der Waals surface area contributed by atoms with E-state index in [1.54, 1.807) is 18.2 Å². The van der Waals surface area contributed by atoms with Crippen molar-refractivity contribution in [2.24, 2.45) is 0 Å². The van der Waals surface area contributed by atoms with Crippen LogP contribution in [0.1, 0.15) is 17.7 Å². The summed E-state index contributed by atoms with van der Waals surface area (Å²) < 4.78 is 5.35. The molecular formula is C22H20ClN3O3. The first kappa shape index (κ1) is 18.2. The molecule has 2 aliphatic heterocycles. The van der Waals surface area contributed by atoms with Gasteiger partial charge in [-0.3, -0.25) is 14.5 Å². The van der Waals surface area contributed by atoms with Crippen LogP contribution in [0.15, 0.2) is 42.5 Å². The molecule has 2 aromatic carbocycles. The third kappa shape index (κ3) is 2.91. The molecule has 1 N–H and O–H groups in total. The van der Waals surface area contributed by atoms with Crippen molar-refractivity contribution in [3.8, 4) is 5.75 Å². The van der Waals surface area contributed by atoms with Gasteiger partial charge in [-0.05, 0) is 42.3 Å². The van der Waals surface area contributed by atoms with Gasteiger partial charge in [0.15, 0.2) is 0 Å². The first-order chi connectivity index (χ1) is 14.1. The average molecular weight is 410 g/mol. The van der Waals surface area contributed by atoms with Crippen LogP contribution in [-0.4, -0.2) is 41.4 Å². The van der Waals surface area contributed by atoms with E-state index in [-0.39, 0.29) is 18.2 Å². The van der Waals surface area contributed by atoms with Gasteiger partial charge in [0, 0.05) is 34.7 Å². The van der Waals surface area contributed by atoms with Gasteiger partial charge < -0.3 is 9.72 Å². The van der Waals surface area contributed by atoms with Crippen LogP contribution in [0.5, 0.6) is 5.75 Å². The molecule has 0 radical (unpaired) electrons. The molecule has 0 unspecified atom stereocenters. The average Bonchev–Trinajstić information content (AvgIpc) is 3.23. The van der Waals surface area contributed by atoms with E-state index in [1.165, 1.54) is 17.6 Å². The zero-order valence-electron chi connectivity index (χ0n) is 15.9. The molecule has 148 valence electrons. The number of nitrogens with zero attached hydrogens (tertiary/aromatic N) is 2. The summed E-state index contributed by atoms with van der Waals surface area (Å²) in [5.74, 6) is 0.129. The third-order valence-electron chi connectivity index (χ3n) is 5.86. The second kappa shape index (κ2) is 6.90. The number of carbonyl (C=O) groups excluding carboxylic acids is 2. The number of imide groups is 1. The number of hydrogen-bond acceptors (Lipinski definition) is 4. The molecule has 29 heavy (non-hydrogen) atoms. The zero-order valence-corrected chi connectivity index (χ0v) is 16.7. The fourth-order valence-corrected chi connectivity index (χ4v) is 4.64. The summed E-state index contributed by atoms with van der Waals surface area (Å²) in [6.07, 6.45) is 0.987. The lowest BCUT2D eigenvalue weighted by Crippen LogP contribution is -2.44. The molecule has 2 amide bonds. The highest BCUT2D eigenvalue weighted by Gasteiger charge is 2.44. The number of halogens is 1. The summed E-state index contributed by atoms with van der Waals surface area (Å²) in [7, 11) is 1.54. The van der Waals surface area contributed by atoms with Crippen LogP contribution >= 0.6 is 11.6 Å². The summed E-state index contributed by atoms with van der Waals surface area (Å²) in [6, 6.07) is 12.5. The van der Waals surface area contributed by atoms with Gasteiger partial charge >= 0.3 is 0 Å². The van der Waals surface area contributed by atoms with Gasteiger partial charge in [0.2, 0.25) is 5.91 Å². The van der Waals surface area contributed by atoms with E-state index in [2.05, 4.69) is 9.88 Å². The minimum Gasteiger partial charge on any atom is -0.495 e. The zero-order chi connectivity index (χ0) is 20.1. The van der Waals surface area contributed by atoms with Gasteiger partial charge in [-0.2, -0.15) is 0 Å². The quantitative estimate of drug-likeness (QED) is 0.672. The highest BCUT2D eigenvalue weighted by atomic mass is 35.5. The van der Waals surface area contributed by atoms with Crippen LogP contribution in [-0.2, 0) is 22.6 Å². The molecule has 7 heteroatoms. The van der Waals surface area contributed by atoms with Crippen molar-refractivity contribution < 1.29 is 14.3 Å². The normalized spacial score (nSPS) is 19.8. The van der Waals surface area contributed by atoms with Crippen LogP contribution < -0.4 is 9.64 Å². The van der Waals surface area contributed by atoms with Gasteiger partial charge in [-0.15, -0.1) is 0 Å². The lowest BCUT2D eigenvalue weighted by Gasteiger charge is -2.31. The molecule has 0 saturated carbocycles. The highest BCUT2D eigenvalue weighted by Crippen LogP contribution is 2.35. The molecule has 0 spiro atoms. The van der Waals surface area contributed by atoms with E-state index in [0.717, 1.165) is 29.6 Å². The topological polar surface area (TPSA) is 65.6 Å². The van der Waals surface area contributed by atoms with Crippen LogP contribution in [0.25, 0.3) is 10.9 Å². The van der Waals surface area contributed by atoms with E-state index in [1.807, 2.05) is 24.3 Å². The second-order valence-corrected chi connectivity index (χ2v) is 7.89. The number of para-hydroxylation sites is 2. The Morgan fingerprint density at radius 3 is 2.83 bits per heavy atom. The molecule has 3 aromatic rings. The maximum Gasteiger partial charge on any atom is 0.251 e. The standard InChI is InChI=1S/C22H20ClN3O3/c1-29-20-5-3-2-4-18(20)26-21(27)11-19(22(26)28)25-9-8-14-15-10-13(23)6-7-16(15)24-17(14)12-25/h2-7,10,19,24H,8-9,11-12H2,1H3/t19-/m0/s1. The molecule has 1 atom stereocenters. The number of methoxy groups -OCH3 is 1. The maximum absolute atomic E-state index is 13.2. The summed E-state index contributed by atoms with van der Waals surface area (Å²) in [5, 5.41) is 1.85. The van der Waals surface area contributed by atoms with Gasteiger partial charge in [0.25, 0.3) is 5.91 Å². The SMILES string of the molecule is COc1ccccc1N1C(=O)C[C@H](N2CCc3c([nH]c4ccc(Cl)cc34)C2)C1=O. The number of carbonyl (C=O) groups is 2. The third-order valence-corrected chi connectivity index (χ3v) is 6.09. The minimum absolute atomic E-state index is 0.179. The number of aromatic nitrogens is 1. The predicted octanol–water partition coefficient (Wildman–Crippen LogP) is 3.52. The van der Waals surface area contributed by atoms with Gasteiger partial charge in [0.05, 0.1) is 25.3 Å². The van der Waals surface area contributed by atoms with Gasteiger partial charge in [0.1, 0.15) is 5.75 Å². The van der Waals surface area contributed by atoms with Gasteiger partial charge in [-0.1, -0.05) is 23.7 Å². The van der Waals surface area contributed by atoms with E-state index in [9.17, 15) is 9.59 Å². The number of hydrogen-bond donors (Lipinski definition) is 1. The van der Waals surface area contributed by atoms with Crippen LogP contribution in [0, 0.1) is 0 Å². The Bertz CT molecular complexity index is 1140. The molecule has 5 rings (SSSR count). The molecule has 3 heterocycles. The maximum atomic E-state index is 13.2. The Hall–Kier alpha value is -2.83. The van der Waals surface area contributed by atoms with Crippen LogP contribution in [0.2, 0.25) is 5.02 Å². The first-order valence-corrected chi connectivity index (χ1v) is 9.97. The number of ether oxygens (including phenoxy) is 1. The minimum atomic E-state index is -0.462. The van der Waals surface area contributed by atoms with Crippen LogP contribution in [0.4, 0.5) is 5.69 Å². The molecule has 0 bridgehead atoms. The number of fused-ring (bicyclic) bond motifs is 3. The molecule has 1 aromatic heterocycles. The van der Waals surface area contributed by atoms with E-state index < -0.39 is 6.04 Å². The monoisotopic (exact) mass is 409 g/mol. The Morgan fingerprint density at radius 2 is 2.00 bits per heavy atom. The summed E-state index contributed by atoms with van der Waals surface area (Å²) in [5.41, 5.74) is 3.89. The fraction of sp³-hybridized carbons (Fsp3) is 0.273. The van der Waals surface area contributed by atoms with Crippen molar-refractivity contribution >= 4 is 40.0 Å². The first-order valence-electron chi connectivity index (χ1n) is 9.59. The fourth-order valence-electron chi connectivity index (χ4n) is 4.47. The Balaban J connectivity index is 1.43. The Morgan fingerprint density at radius 1 is 1.17 bits per heavy atom. The summed E-state index contributed by atoms with van der Waals surface area (Å²) >= 11 is 6.16. The van der Waals surface area contributed by atoms with E-state index in [0.29, 0.717) is 23.0 Å². The Labute approximate surface area is 173 Å². The largest absolute Gasteiger partial charge is 0.495 e. The van der Waals surface area contributed by atoms with E-state index >= 15 is 0 Å². The lowest BCUT2D eigenvalue weighted by atomic mass is 10.0. The molecule has 1 fully saturated rings. The lowest BCUT2D eigenvalue weighted by molar-refractivity contribution is -0.123. The number of rotatable bonds is 3. The molecule has 2 aliphatic rings. The van der Waals surface area contributed by atoms with Crippen molar-refractivity contribution in [2.45, 2.75) is 25.4 Å². The number of amides is 2. The van der Waals surface area contributed by atoms with Crippen molar-refractivity contribution in [3.63, 3.8) is 0 Å². The molecule has 0 aliphatic carbocycles. The van der Waals surface area contributed by atoms with Gasteiger partial charge in [-0.25, -0.2) is 4.90 Å².